The number of fused-ring (bicyclic) bond motifs is 2. The molecule has 0 spiro atoms. The second-order valence-electron chi connectivity index (χ2n) is 9.66. The average Bonchev–Trinajstić information content (AvgIpc) is 2.95. The van der Waals surface area contributed by atoms with Crippen LogP contribution >= 0.6 is 0 Å². The summed E-state index contributed by atoms with van der Waals surface area (Å²) in [4.78, 5) is 13.5. The zero-order valence-electron chi connectivity index (χ0n) is 20.9. The molecule has 3 aromatic rings. The van der Waals surface area contributed by atoms with Crippen molar-refractivity contribution >= 4 is 21.9 Å². The number of aromatic hydroxyl groups is 2. The fraction of sp³-hybridized carbons (Fsp3) is 0.480. The largest absolute Gasteiger partial charge is 0.504 e. The number of hydrogen-bond donors (Lipinski definition) is 10. The molecule has 16 nitrogen and oxygen atoms in total. The molecule has 1 aromatic heterocycles. The molecule has 5 rings (SSSR count). The molecule has 0 bridgehead atoms. The Kier molecular flexibility index (Phi) is 7.96. The zero-order chi connectivity index (χ0) is 29.7. The van der Waals surface area contributed by atoms with E-state index in [-0.39, 0.29) is 22.3 Å². The minimum absolute atomic E-state index is 0.165. The monoisotopic (exact) mass is 584 g/mol. The number of ether oxygens (including phenoxy) is 4. The van der Waals surface area contributed by atoms with Crippen molar-refractivity contribution in [2.75, 3.05) is 13.2 Å². The summed E-state index contributed by atoms with van der Waals surface area (Å²) in [6.45, 7) is -1.50. The van der Waals surface area contributed by atoms with E-state index in [0.29, 0.717) is 0 Å². The summed E-state index contributed by atoms with van der Waals surface area (Å²) in [5.74, 6) is -2.08. The third-order valence-electron chi connectivity index (χ3n) is 7.02. The topological polar surface area (TPSA) is 269 Å². The van der Waals surface area contributed by atoms with E-state index in [1.54, 1.807) is 0 Å². The van der Waals surface area contributed by atoms with Crippen molar-refractivity contribution in [1.82, 2.24) is 0 Å². The number of phenolic OH excluding ortho intramolecular Hbond substituents is 2. The zero-order valence-corrected chi connectivity index (χ0v) is 20.9. The van der Waals surface area contributed by atoms with E-state index in [1.807, 2.05) is 0 Å². The Bertz CT molecular complexity index is 1470. The Morgan fingerprint density at radius 3 is 1.80 bits per heavy atom. The molecule has 3 heterocycles. The first kappa shape index (κ1) is 29.2. The molecular formula is C25H28O16. The van der Waals surface area contributed by atoms with Gasteiger partial charge in [0.05, 0.1) is 13.2 Å². The van der Waals surface area contributed by atoms with Crippen LogP contribution in [0.3, 0.4) is 0 Å². The van der Waals surface area contributed by atoms with Gasteiger partial charge in [-0.1, -0.05) is 0 Å². The second-order valence-corrected chi connectivity index (χ2v) is 9.66. The van der Waals surface area contributed by atoms with Gasteiger partial charge < -0.3 is 74.4 Å². The lowest BCUT2D eigenvalue weighted by molar-refractivity contribution is -0.278. The van der Waals surface area contributed by atoms with Gasteiger partial charge in [-0.3, -0.25) is 4.79 Å². The first-order valence-corrected chi connectivity index (χ1v) is 12.4. The highest BCUT2D eigenvalue weighted by molar-refractivity contribution is 5.97. The van der Waals surface area contributed by atoms with Crippen molar-refractivity contribution in [1.29, 1.82) is 0 Å². The van der Waals surface area contributed by atoms with Crippen molar-refractivity contribution in [2.24, 2.45) is 0 Å². The molecule has 10 atom stereocenters. The summed E-state index contributed by atoms with van der Waals surface area (Å²) in [6.07, 6.45) is -16.8. The fourth-order valence-corrected chi connectivity index (χ4v) is 4.73. The van der Waals surface area contributed by atoms with E-state index in [9.17, 15) is 55.9 Å². The van der Waals surface area contributed by atoms with Gasteiger partial charge >= 0.3 is 0 Å². The van der Waals surface area contributed by atoms with Gasteiger partial charge in [-0.15, -0.1) is 0 Å². The third-order valence-corrected chi connectivity index (χ3v) is 7.02. The van der Waals surface area contributed by atoms with E-state index in [2.05, 4.69) is 0 Å². The fourth-order valence-electron chi connectivity index (χ4n) is 4.73. The smallest absolute Gasteiger partial charge is 0.229 e. The highest BCUT2D eigenvalue weighted by atomic mass is 16.7. The van der Waals surface area contributed by atoms with Crippen LogP contribution in [0.4, 0.5) is 0 Å². The van der Waals surface area contributed by atoms with Gasteiger partial charge in [0.2, 0.25) is 18.0 Å². The maximum absolute atomic E-state index is 13.5. The Morgan fingerprint density at radius 1 is 0.683 bits per heavy atom. The Labute approximate surface area is 229 Å². The summed E-state index contributed by atoms with van der Waals surface area (Å²) >= 11 is 0. The van der Waals surface area contributed by atoms with Crippen molar-refractivity contribution < 1.29 is 74.4 Å². The van der Waals surface area contributed by atoms with Gasteiger partial charge in [-0.2, -0.15) is 0 Å². The van der Waals surface area contributed by atoms with Gasteiger partial charge in [0.1, 0.15) is 82.3 Å². The number of hydrogen-bond acceptors (Lipinski definition) is 16. The van der Waals surface area contributed by atoms with Crippen molar-refractivity contribution in [3.05, 3.63) is 34.5 Å². The lowest BCUT2D eigenvalue weighted by Gasteiger charge is -2.40. The van der Waals surface area contributed by atoms with Gasteiger partial charge in [-0.25, -0.2) is 0 Å². The highest BCUT2D eigenvalue weighted by Crippen LogP contribution is 2.38. The number of rotatable bonds is 6. The summed E-state index contributed by atoms with van der Waals surface area (Å²) in [5, 5.41) is 99.7. The SMILES string of the molecule is O=c1c2c(O[C@H]3O[C@@H](CO)[C@H](O)[C@H](O)[C@@H]3O)cc(O[C@H]3O[C@@H](CO)[C@H](O)[C@H](O)[C@@H]3O)cc2oc2ccc(O)c(O)c12. The summed E-state index contributed by atoms with van der Waals surface area (Å²) < 4.78 is 27.8. The van der Waals surface area contributed by atoms with Crippen LogP contribution < -0.4 is 14.9 Å². The van der Waals surface area contributed by atoms with Crippen LogP contribution in [0.25, 0.3) is 21.9 Å². The molecule has 0 aliphatic carbocycles. The third kappa shape index (κ3) is 5.04. The molecule has 16 heteroatoms. The van der Waals surface area contributed by atoms with Crippen molar-refractivity contribution in [3.8, 4) is 23.0 Å². The number of aliphatic hydroxyl groups is 8. The lowest BCUT2D eigenvalue weighted by Crippen LogP contribution is -2.60. The Hall–Kier alpha value is -3.29. The van der Waals surface area contributed by atoms with Crippen molar-refractivity contribution in [3.63, 3.8) is 0 Å². The summed E-state index contributed by atoms with van der Waals surface area (Å²) in [5.41, 5.74) is -1.32. The minimum Gasteiger partial charge on any atom is -0.504 e. The predicted octanol–water partition coefficient (Wildman–Crippen LogP) is -3.29. The van der Waals surface area contributed by atoms with Gasteiger partial charge in [-0.05, 0) is 12.1 Å². The van der Waals surface area contributed by atoms with E-state index in [4.69, 9.17) is 23.4 Å². The van der Waals surface area contributed by atoms with Crippen LogP contribution in [0, 0.1) is 0 Å². The summed E-state index contributed by atoms with van der Waals surface area (Å²) in [7, 11) is 0. The normalized spacial score (nSPS) is 34.1. The molecule has 0 amide bonds. The first-order chi connectivity index (χ1) is 19.5. The second kappa shape index (κ2) is 11.2. The molecular weight excluding hydrogens is 556 g/mol. The molecule has 10 N–H and O–H groups in total. The molecule has 2 aromatic carbocycles. The molecule has 2 fully saturated rings. The molecule has 2 aliphatic rings. The van der Waals surface area contributed by atoms with Crippen LogP contribution in [0.5, 0.6) is 23.0 Å². The minimum atomic E-state index is -1.89. The number of benzene rings is 2. The maximum atomic E-state index is 13.5. The predicted molar refractivity (Wildman–Crippen MR) is 132 cm³/mol. The van der Waals surface area contributed by atoms with Crippen LogP contribution in [0.2, 0.25) is 0 Å². The van der Waals surface area contributed by atoms with E-state index >= 15 is 0 Å². The molecule has 0 saturated carbocycles. The molecule has 0 unspecified atom stereocenters. The lowest BCUT2D eigenvalue weighted by atomic mass is 9.99. The van der Waals surface area contributed by atoms with Crippen LogP contribution in [0.15, 0.2) is 33.5 Å². The molecule has 41 heavy (non-hydrogen) atoms. The van der Waals surface area contributed by atoms with Gasteiger partial charge in [0.15, 0.2) is 11.5 Å². The Morgan fingerprint density at radius 2 is 1.24 bits per heavy atom. The van der Waals surface area contributed by atoms with Crippen LogP contribution in [-0.4, -0.2) is 126 Å². The number of phenols is 2. The van der Waals surface area contributed by atoms with E-state index < -0.39 is 103 Å². The Balaban J connectivity index is 1.62. The van der Waals surface area contributed by atoms with Gasteiger partial charge in [0, 0.05) is 12.1 Å². The molecule has 2 aliphatic heterocycles. The average molecular weight is 584 g/mol. The molecule has 0 radical (unpaired) electrons. The van der Waals surface area contributed by atoms with E-state index in [1.165, 1.54) is 6.07 Å². The number of aliphatic hydroxyl groups excluding tert-OH is 8. The van der Waals surface area contributed by atoms with Crippen molar-refractivity contribution in [2.45, 2.75) is 61.4 Å². The van der Waals surface area contributed by atoms with Crippen LogP contribution in [-0.2, 0) is 9.47 Å². The standard InChI is InChI=1S/C25H28O16/c26-5-12-17(30)20(33)22(35)24(40-12)37-7-3-10-14(19(32)15-9(38-10)2-1-8(28)16(15)29)11(4-7)39-25-23(36)21(34)18(31)13(6-27)41-25/h1-4,12-13,17-18,20-31,33-36H,5-6H2/t12-,13-,17-,18-,20-,21-,22-,23-,24-,25-/m0/s1. The molecule has 224 valence electrons. The molecule has 2 saturated heterocycles. The maximum Gasteiger partial charge on any atom is 0.229 e. The quantitative estimate of drug-likeness (QED) is 0.100. The summed E-state index contributed by atoms with van der Waals surface area (Å²) in [6, 6.07) is 4.48. The van der Waals surface area contributed by atoms with Gasteiger partial charge in [0.25, 0.3) is 0 Å². The van der Waals surface area contributed by atoms with Crippen LogP contribution in [0.1, 0.15) is 0 Å². The first-order valence-electron chi connectivity index (χ1n) is 12.4. The van der Waals surface area contributed by atoms with E-state index in [0.717, 1.165) is 18.2 Å². The highest BCUT2D eigenvalue weighted by Gasteiger charge is 2.46.